The van der Waals surface area contributed by atoms with E-state index in [0.717, 1.165) is 5.56 Å². The van der Waals surface area contributed by atoms with Crippen molar-refractivity contribution in [2.24, 2.45) is 0 Å². The molecule has 0 bridgehead atoms. The summed E-state index contributed by atoms with van der Waals surface area (Å²) < 4.78 is 33.5. The number of carbonyl (C=O) groups is 1. The Morgan fingerprint density at radius 3 is 2.55 bits per heavy atom. The maximum atomic E-state index is 12.9. The largest absolute Gasteiger partial charge is 0.495 e. The van der Waals surface area contributed by atoms with Crippen LogP contribution in [0.4, 0.5) is 5.69 Å². The summed E-state index contributed by atoms with van der Waals surface area (Å²) in [6, 6.07) is 9.11. The Hall–Kier alpha value is -1.74. The number of methoxy groups -OCH3 is 1. The normalized spacial score (nSPS) is 12.4. The first-order chi connectivity index (χ1) is 13.7. The average Bonchev–Trinajstić information content (AvgIpc) is 2.67. The predicted octanol–water partition coefficient (Wildman–Crippen LogP) is 4.00. The molecule has 2 rings (SSSR count). The first-order valence-corrected chi connectivity index (χ1v) is 12.2. The van der Waals surface area contributed by atoms with Crippen LogP contribution >= 0.6 is 23.4 Å². The molecule has 6 nitrogen and oxygen atoms in total. The molecule has 0 saturated heterocycles. The van der Waals surface area contributed by atoms with Crippen molar-refractivity contribution in [1.82, 2.24) is 4.72 Å². The standard InChI is InChI=1S/C20H25ClN2O4S2/c1-13-5-6-14(2)19(11-13)29(25,26)23-17(9-10-28-4)20(24)22-15-7-8-18(27-3)16(21)12-15/h5-8,11-12,17,23H,9-10H2,1-4H3,(H,22,24). The second-order valence-electron chi connectivity index (χ2n) is 6.56. The van der Waals surface area contributed by atoms with Gasteiger partial charge in [-0.2, -0.15) is 16.5 Å². The van der Waals surface area contributed by atoms with Crippen LogP contribution in [-0.2, 0) is 14.8 Å². The van der Waals surface area contributed by atoms with Gasteiger partial charge >= 0.3 is 0 Å². The molecule has 0 radical (unpaired) electrons. The summed E-state index contributed by atoms with van der Waals surface area (Å²) in [5.41, 5.74) is 1.91. The SMILES string of the molecule is COc1ccc(NC(=O)C(CCSC)NS(=O)(=O)c2cc(C)ccc2C)cc1Cl. The number of anilines is 1. The van der Waals surface area contributed by atoms with Crippen LogP contribution in [0.25, 0.3) is 0 Å². The van der Waals surface area contributed by atoms with E-state index in [4.69, 9.17) is 16.3 Å². The van der Waals surface area contributed by atoms with Crippen molar-refractivity contribution in [3.05, 3.63) is 52.5 Å². The number of amides is 1. The van der Waals surface area contributed by atoms with Crippen molar-refractivity contribution < 1.29 is 17.9 Å². The van der Waals surface area contributed by atoms with E-state index in [9.17, 15) is 13.2 Å². The molecule has 0 saturated carbocycles. The van der Waals surface area contributed by atoms with E-state index in [0.29, 0.717) is 34.2 Å². The molecule has 0 aliphatic heterocycles. The summed E-state index contributed by atoms with van der Waals surface area (Å²) in [4.78, 5) is 13.0. The molecular formula is C20H25ClN2O4S2. The van der Waals surface area contributed by atoms with Gasteiger partial charge < -0.3 is 10.1 Å². The molecule has 29 heavy (non-hydrogen) atoms. The van der Waals surface area contributed by atoms with Gasteiger partial charge in [0.2, 0.25) is 15.9 Å². The fourth-order valence-electron chi connectivity index (χ4n) is 2.70. The fourth-order valence-corrected chi connectivity index (χ4v) is 4.99. The summed E-state index contributed by atoms with van der Waals surface area (Å²) in [5.74, 6) is 0.657. The highest BCUT2D eigenvalue weighted by molar-refractivity contribution is 7.98. The van der Waals surface area contributed by atoms with Crippen LogP contribution < -0.4 is 14.8 Å². The summed E-state index contributed by atoms with van der Waals surface area (Å²) in [7, 11) is -2.37. The molecule has 158 valence electrons. The second kappa shape index (κ2) is 10.3. The quantitative estimate of drug-likeness (QED) is 0.595. The van der Waals surface area contributed by atoms with E-state index in [1.807, 2.05) is 19.2 Å². The maximum Gasteiger partial charge on any atom is 0.242 e. The highest BCUT2D eigenvalue weighted by Crippen LogP contribution is 2.27. The van der Waals surface area contributed by atoms with Crippen molar-refractivity contribution in [3.63, 3.8) is 0 Å². The monoisotopic (exact) mass is 456 g/mol. The van der Waals surface area contributed by atoms with Crippen molar-refractivity contribution in [2.45, 2.75) is 31.2 Å². The zero-order valence-electron chi connectivity index (χ0n) is 16.8. The van der Waals surface area contributed by atoms with Gasteiger partial charge in [0.25, 0.3) is 0 Å². The summed E-state index contributed by atoms with van der Waals surface area (Å²) >= 11 is 7.64. The van der Waals surface area contributed by atoms with Crippen LogP contribution in [0.3, 0.4) is 0 Å². The predicted molar refractivity (Wildman–Crippen MR) is 120 cm³/mol. The van der Waals surface area contributed by atoms with Gasteiger partial charge in [-0.1, -0.05) is 23.7 Å². The molecule has 0 spiro atoms. The molecule has 1 unspecified atom stereocenters. The number of rotatable bonds is 9. The molecule has 1 atom stereocenters. The van der Waals surface area contributed by atoms with Gasteiger partial charge in [0.15, 0.2) is 0 Å². The lowest BCUT2D eigenvalue weighted by atomic mass is 10.2. The lowest BCUT2D eigenvalue weighted by Crippen LogP contribution is -2.44. The number of thioether (sulfide) groups is 1. The van der Waals surface area contributed by atoms with Crippen LogP contribution in [0, 0.1) is 13.8 Å². The van der Waals surface area contributed by atoms with Crippen molar-refractivity contribution in [2.75, 3.05) is 24.4 Å². The third-order valence-electron chi connectivity index (χ3n) is 4.28. The van der Waals surface area contributed by atoms with Gasteiger partial charge in [-0.3, -0.25) is 4.79 Å². The highest BCUT2D eigenvalue weighted by Gasteiger charge is 2.27. The Morgan fingerprint density at radius 1 is 1.21 bits per heavy atom. The molecule has 1 amide bonds. The Labute approximate surface area is 181 Å². The minimum Gasteiger partial charge on any atom is -0.495 e. The van der Waals surface area contributed by atoms with Gasteiger partial charge in [-0.05, 0) is 67.7 Å². The fraction of sp³-hybridized carbons (Fsp3) is 0.350. The van der Waals surface area contributed by atoms with Crippen LogP contribution in [0.5, 0.6) is 5.75 Å². The van der Waals surface area contributed by atoms with E-state index < -0.39 is 22.0 Å². The van der Waals surface area contributed by atoms with Crippen molar-refractivity contribution in [1.29, 1.82) is 0 Å². The van der Waals surface area contributed by atoms with E-state index in [1.165, 1.54) is 18.9 Å². The third-order valence-corrected chi connectivity index (χ3v) is 6.83. The molecular weight excluding hydrogens is 432 g/mol. The second-order valence-corrected chi connectivity index (χ2v) is 9.64. The van der Waals surface area contributed by atoms with Crippen LogP contribution in [0.1, 0.15) is 17.5 Å². The average molecular weight is 457 g/mol. The minimum atomic E-state index is -3.87. The lowest BCUT2D eigenvalue weighted by Gasteiger charge is -2.19. The summed E-state index contributed by atoms with van der Waals surface area (Å²) in [5, 5.41) is 3.08. The third kappa shape index (κ3) is 6.37. The van der Waals surface area contributed by atoms with E-state index >= 15 is 0 Å². The molecule has 0 aliphatic rings. The van der Waals surface area contributed by atoms with Crippen LogP contribution in [-0.4, -0.2) is 39.5 Å². The first-order valence-electron chi connectivity index (χ1n) is 8.91. The molecule has 9 heteroatoms. The van der Waals surface area contributed by atoms with Gasteiger partial charge in [-0.25, -0.2) is 8.42 Å². The zero-order chi connectivity index (χ0) is 21.6. The Kier molecular flexibility index (Phi) is 8.39. The van der Waals surface area contributed by atoms with Crippen molar-refractivity contribution >= 4 is 45.0 Å². The minimum absolute atomic E-state index is 0.173. The first kappa shape index (κ1) is 23.5. The van der Waals surface area contributed by atoms with E-state index in [2.05, 4.69) is 10.0 Å². The number of benzene rings is 2. The van der Waals surface area contributed by atoms with Gasteiger partial charge in [0.05, 0.1) is 17.0 Å². The molecule has 2 aromatic carbocycles. The molecule has 0 heterocycles. The Morgan fingerprint density at radius 2 is 1.93 bits per heavy atom. The number of halogens is 1. The summed E-state index contributed by atoms with van der Waals surface area (Å²) in [6.45, 7) is 3.55. The number of nitrogens with one attached hydrogen (secondary N) is 2. The number of hydrogen-bond acceptors (Lipinski definition) is 5. The molecule has 0 aromatic heterocycles. The molecule has 2 aromatic rings. The number of hydrogen-bond donors (Lipinski definition) is 2. The van der Waals surface area contributed by atoms with Gasteiger partial charge in [0.1, 0.15) is 11.8 Å². The highest BCUT2D eigenvalue weighted by atomic mass is 35.5. The Bertz CT molecular complexity index is 980. The Balaban J connectivity index is 2.24. The number of carbonyl (C=O) groups excluding carboxylic acids is 1. The number of sulfonamides is 1. The van der Waals surface area contributed by atoms with E-state index in [1.54, 1.807) is 37.3 Å². The maximum absolute atomic E-state index is 12.9. The van der Waals surface area contributed by atoms with Crippen molar-refractivity contribution in [3.8, 4) is 5.75 Å². The smallest absolute Gasteiger partial charge is 0.242 e. The summed E-state index contributed by atoms with van der Waals surface area (Å²) in [6.07, 6.45) is 2.25. The lowest BCUT2D eigenvalue weighted by molar-refractivity contribution is -0.117. The van der Waals surface area contributed by atoms with Gasteiger partial charge in [0, 0.05) is 5.69 Å². The zero-order valence-corrected chi connectivity index (χ0v) is 19.2. The van der Waals surface area contributed by atoms with E-state index in [-0.39, 0.29) is 4.90 Å². The van der Waals surface area contributed by atoms with Crippen LogP contribution in [0.15, 0.2) is 41.3 Å². The van der Waals surface area contributed by atoms with Crippen LogP contribution in [0.2, 0.25) is 5.02 Å². The molecule has 2 N–H and O–H groups in total. The molecule has 0 fully saturated rings. The molecule has 0 aliphatic carbocycles. The number of ether oxygens (including phenoxy) is 1. The van der Waals surface area contributed by atoms with Gasteiger partial charge in [-0.15, -0.1) is 0 Å². The topological polar surface area (TPSA) is 84.5 Å². The number of aryl methyl sites for hydroxylation is 2.